The molecule has 0 aliphatic rings. The zero-order valence-electron chi connectivity index (χ0n) is 11.8. The van der Waals surface area contributed by atoms with Gasteiger partial charge in [0.25, 0.3) is 0 Å². The van der Waals surface area contributed by atoms with E-state index in [2.05, 4.69) is 15.6 Å². The molecular weight excluding hydrogens is 280 g/mol. The number of carbonyl (C=O) groups excluding carboxylic acids is 2. The molecule has 0 bridgehead atoms. The van der Waals surface area contributed by atoms with Crippen LogP contribution in [0.3, 0.4) is 0 Å². The van der Waals surface area contributed by atoms with Crippen molar-refractivity contribution in [2.24, 2.45) is 13.0 Å². The Hall–Kier alpha value is -1.54. The largest absolute Gasteiger partial charge is 0.390 e. The summed E-state index contributed by atoms with van der Waals surface area (Å²) in [4.78, 5) is 27.0. The van der Waals surface area contributed by atoms with E-state index >= 15 is 0 Å². The number of rotatable bonds is 6. The molecule has 1 rings (SSSR count). The fraction of sp³-hybridized carbons (Fsp3) is 0.583. The van der Waals surface area contributed by atoms with E-state index in [-0.39, 0.29) is 18.3 Å². The molecule has 0 radical (unpaired) electrons. The normalized spacial score (nSPS) is 10.7. The highest BCUT2D eigenvalue weighted by Crippen LogP contribution is 2.16. The quantitative estimate of drug-likeness (QED) is 0.664. The maximum atomic E-state index is 11.6. The van der Waals surface area contributed by atoms with Crippen molar-refractivity contribution in [1.29, 1.82) is 0 Å². The Morgan fingerprint density at radius 3 is 2.75 bits per heavy atom. The number of nitrogens with zero attached hydrogens (tertiary/aromatic N) is 2. The van der Waals surface area contributed by atoms with Gasteiger partial charge in [-0.3, -0.25) is 10.1 Å². The van der Waals surface area contributed by atoms with Crippen LogP contribution in [-0.4, -0.2) is 38.9 Å². The number of aliphatic hydroxyl groups is 1. The third-order valence-electron chi connectivity index (χ3n) is 2.46. The number of amides is 3. The van der Waals surface area contributed by atoms with Crippen LogP contribution in [0.25, 0.3) is 0 Å². The zero-order valence-corrected chi connectivity index (χ0v) is 12.7. The average Bonchev–Trinajstić information content (AvgIpc) is 2.74. The van der Waals surface area contributed by atoms with Crippen molar-refractivity contribution in [1.82, 2.24) is 20.2 Å². The van der Waals surface area contributed by atoms with Gasteiger partial charge in [0.15, 0.2) is 5.16 Å². The molecule has 0 saturated heterocycles. The van der Waals surface area contributed by atoms with Crippen LogP contribution in [0, 0.1) is 5.92 Å². The van der Waals surface area contributed by atoms with Crippen LogP contribution in [0.1, 0.15) is 19.5 Å². The van der Waals surface area contributed by atoms with E-state index in [0.717, 1.165) is 0 Å². The molecule has 0 fully saturated rings. The molecule has 20 heavy (non-hydrogen) atoms. The minimum Gasteiger partial charge on any atom is -0.390 e. The molecule has 0 aromatic carbocycles. The maximum absolute atomic E-state index is 11.6. The molecule has 1 heterocycles. The third-order valence-corrected chi connectivity index (χ3v) is 3.50. The number of carbonyl (C=O) groups is 2. The molecule has 1 aromatic rings. The molecule has 0 aliphatic carbocycles. The van der Waals surface area contributed by atoms with Crippen molar-refractivity contribution in [3.63, 3.8) is 0 Å². The number of hydrogen-bond acceptors (Lipinski definition) is 5. The van der Waals surface area contributed by atoms with Crippen LogP contribution in [-0.2, 0) is 18.4 Å². The second-order valence-corrected chi connectivity index (χ2v) is 5.63. The molecule has 0 atom stereocenters. The van der Waals surface area contributed by atoms with Gasteiger partial charge in [-0.15, -0.1) is 0 Å². The van der Waals surface area contributed by atoms with E-state index in [1.54, 1.807) is 17.8 Å². The van der Waals surface area contributed by atoms with Crippen LogP contribution in [0.5, 0.6) is 0 Å². The number of aliphatic hydroxyl groups excluding tert-OH is 1. The molecule has 3 N–H and O–H groups in total. The Balaban J connectivity index is 2.36. The van der Waals surface area contributed by atoms with Gasteiger partial charge in [0.2, 0.25) is 5.91 Å². The van der Waals surface area contributed by atoms with Crippen LogP contribution >= 0.6 is 11.8 Å². The number of nitrogens with one attached hydrogen (secondary N) is 2. The summed E-state index contributed by atoms with van der Waals surface area (Å²) in [7, 11) is 1.76. The number of imide groups is 1. The molecule has 7 nitrogen and oxygen atoms in total. The molecule has 0 saturated carbocycles. The summed E-state index contributed by atoms with van der Waals surface area (Å²) in [5.41, 5.74) is 0.669. The predicted molar refractivity (Wildman–Crippen MR) is 76.2 cm³/mol. The Morgan fingerprint density at radius 2 is 2.20 bits per heavy atom. The highest BCUT2D eigenvalue weighted by Gasteiger charge is 2.11. The van der Waals surface area contributed by atoms with E-state index in [9.17, 15) is 9.59 Å². The van der Waals surface area contributed by atoms with Crippen molar-refractivity contribution < 1.29 is 14.7 Å². The Bertz CT molecular complexity index is 473. The predicted octanol–water partition coefficient (Wildman–Crippen LogP) is 0.486. The molecular formula is C12H20N4O3S. The lowest BCUT2D eigenvalue weighted by Gasteiger charge is -2.08. The topological polar surface area (TPSA) is 96.2 Å². The molecule has 0 aliphatic heterocycles. The summed E-state index contributed by atoms with van der Waals surface area (Å²) in [6.07, 6.45) is 1.55. The first-order valence-electron chi connectivity index (χ1n) is 6.26. The maximum Gasteiger partial charge on any atom is 0.321 e. The Kier molecular flexibility index (Phi) is 6.53. The summed E-state index contributed by atoms with van der Waals surface area (Å²) >= 11 is 1.21. The van der Waals surface area contributed by atoms with Gasteiger partial charge in [0.1, 0.15) is 0 Å². The minimum atomic E-state index is -0.486. The standard InChI is InChI=1S/C12H20N4O3S/c1-8(2)4-13-11(19)15-10(18)7-20-12-14-5-9(6-17)16(12)3/h5,8,17H,4,6-7H2,1-3H3,(H2,13,15,18,19). The monoisotopic (exact) mass is 300 g/mol. The number of urea groups is 1. The van der Waals surface area contributed by atoms with E-state index in [1.807, 2.05) is 13.8 Å². The van der Waals surface area contributed by atoms with Gasteiger partial charge in [-0.25, -0.2) is 9.78 Å². The van der Waals surface area contributed by atoms with Gasteiger partial charge in [0, 0.05) is 13.6 Å². The zero-order chi connectivity index (χ0) is 15.1. The van der Waals surface area contributed by atoms with Crippen molar-refractivity contribution in [3.8, 4) is 0 Å². The summed E-state index contributed by atoms with van der Waals surface area (Å²) < 4.78 is 1.71. The lowest BCUT2D eigenvalue weighted by molar-refractivity contribution is -0.117. The van der Waals surface area contributed by atoms with Crippen LogP contribution in [0.2, 0.25) is 0 Å². The highest BCUT2D eigenvalue weighted by molar-refractivity contribution is 7.99. The van der Waals surface area contributed by atoms with Gasteiger partial charge in [-0.1, -0.05) is 25.6 Å². The number of aromatic nitrogens is 2. The first kappa shape index (κ1) is 16.5. The van der Waals surface area contributed by atoms with Crippen LogP contribution in [0.4, 0.5) is 4.79 Å². The van der Waals surface area contributed by atoms with Gasteiger partial charge >= 0.3 is 6.03 Å². The molecule has 1 aromatic heterocycles. The van der Waals surface area contributed by atoms with Crippen LogP contribution < -0.4 is 10.6 Å². The second-order valence-electron chi connectivity index (χ2n) is 4.69. The first-order valence-corrected chi connectivity index (χ1v) is 7.24. The molecule has 8 heteroatoms. The first-order chi connectivity index (χ1) is 9.43. The lowest BCUT2D eigenvalue weighted by Crippen LogP contribution is -2.41. The van der Waals surface area contributed by atoms with Crippen molar-refractivity contribution in [2.75, 3.05) is 12.3 Å². The van der Waals surface area contributed by atoms with Crippen molar-refractivity contribution in [3.05, 3.63) is 11.9 Å². The number of thioether (sulfide) groups is 1. The Morgan fingerprint density at radius 1 is 1.50 bits per heavy atom. The summed E-state index contributed by atoms with van der Waals surface area (Å²) in [5, 5.41) is 14.5. The summed E-state index contributed by atoms with van der Waals surface area (Å²) in [6, 6.07) is -0.486. The SMILES string of the molecule is CC(C)CNC(=O)NC(=O)CSc1ncc(CO)n1C. The van der Waals surface area contributed by atoms with E-state index < -0.39 is 6.03 Å². The van der Waals surface area contributed by atoms with Crippen LogP contribution in [0.15, 0.2) is 11.4 Å². The minimum absolute atomic E-state index is 0.0881. The summed E-state index contributed by atoms with van der Waals surface area (Å²) in [6.45, 7) is 4.36. The number of imidazole rings is 1. The molecule has 0 unspecified atom stereocenters. The fourth-order valence-electron chi connectivity index (χ4n) is 1.34. The lowest BCUT2D eigenvalue weighted by atomic mass is 10.2. The third kappa shape index (κ3) is 5.22. The fourth-order valence-corrected chi connectivity index (χ4v) is 2.11. The van der Waals surface area contributed by atoms with E-state index in [0.29, 0.717) is 23.3 Å². The molecule has 0 spiro atoms. The van der Waals surface area contributed by atoms with Gasteiger partial charge in [-0.2, -0.15) is 0 Å². The van der Waals surface area contributed by atoms with Crippen molar-refractivity contribution in [2.45, 2.75) is 25.6 Å². The number of hydrogen-bond donors (Lipinski definition) is 3. The van der Waals surface area contributed by atoms with E-state index in [1.165, 1.54) is 11.8 Å². The van der Waals surface area contributed by atoms with Gasteiger partial charge < -0.3 is 15.0 Å². The van der Waals surface area contributed by atoms with Crippen molar-refractivity contribution >= 4 is 23.7 Å². The van der Waals surface area contributed by atoms with Gasteiger partial charge in [0.05, 0.1) is 24.3 Å². The smallest absolute Gasteiger partial charge is 0.321 e. The molecule has 112 valence electrons. The van der Waals surface area contributed by atoms with E-state index in [4.69, 9.17) is 5.11 Å². The molecule has 3 amide bonds. The average molecular weight is 300 g/mol. The second kappa shape index (κ2) is 7.91. The Labute approximate surface area is 122 Å². The highest BCUT2D eigenvalue weighted by atomic mass is 32.2. The van der Waals surface area contributed by atoms with Gasteiger partial charge in [-0.05, 0) is 5.92 Å². The summed E-state index contributed by atoms with van der Waals surface area (Å²) in [5.74, 6) is 0.0321.